The molecule has 15 nitrogen and oxygen atoms in total. The van der Waals surface area contributed by atoms with Gasteiger partial charge in [0.15, 0.2) is 40.5 Å². The van der Waals surface area contributed by atoms with Crippen LogP contribution in [0.5, 0.6) is 57.5 Å². The van der Waals surface area contributed by atoms with Gasteiger partial charge in [-0.05, 0) is 48.0 Å². The number of hydrogen-bond acceptors (Lipinski definition) is 14. The van der Waals surface area contributed by atoms with Crippen LogP contribution in [0.2, 0.25) is 0 Å². The number of aromatic nitrogens is 4. The maximum absolute atomic E-state index is 11.4. The van der Waals surface area contributed by atoms with E-state index in [1.165, 1.54) is 12.1 Å². The quantitative estimate of drug-likeness (QED) is 0.0551. The first-order chi connectivity index (χ1) is 31.9. The summed E-state index contributed by atoms with van der Waals surface area (Å²) in [5, 5.41) is 110. The molecule has 66 heavy (non-hydrogen) atoms. The zero-order valence-corrected chi connectivity index (χ0v) is 33.9. The van der Waals surface area contributed by atoms with E-state index >= 15 is 0 Å². The number of hydrogen-bond donors (Lipinski definition) is 10. The minimum atomic E-state index is -1.20. The van der Waals surface area contributed by atoms with Gasteiger partial charge in [0.25, 0.3) is 0 Å². The van der Waals surface area contributed by atoms with Crippen molar-refractivity contribution in [2.45, 2.75) is 0 Å². The molecular weight excluding hydrogens is 845 g/mol. The molecule has 0 saturated carbocycles. The number of aromatic hydroxyl groups is 10. The van der Waals surface area contributed by atoms with Gasteiger partial charge in [0.2, 0.25) is 34.5 Å². The molecule has 0 unspecified atom stereocenters. The Morgan fingerprint density at radius 3 is 1.39 bits per heavy atom. The minimum absolute atomic E-state index is 0.125. The number of rotatable bonds is 6. The highest BCUT2D eigenvalue weighted by atomic mass is 16.4. The van der Waals surface area contributed by atoms with Crippen molar-refractivity contribution >= 4 is 43.7 Å². The summed E-state index contributed by atoms with van der Waals surface area (Å²) in [5.41, 5.74) is 3.19. The van der Waals surface area contributed by atoms with Crippen molar-refractivity contribution in [3.05, 3.63) is 133 Å². The van der Waals surface area contributed by atoms with E-state index in [0.29, 0.717) is 56.2 Å². The SMILES string of the molecule is Oc1c(O)c(O)c(-c2cc(-c3c(O)c(O)c(O)c(O)c3O)c3c(c2)c2ccccc2n3-c2ccc3c(c2)oc2cc(-c4nc(-c5ccccc5)nc(-c5ccccc5)n4)ccc23)c(O)c1O. The van der Waals surface area contributed by atoms with E-state index in [9.17, 15) is 51.1 Å². The first-order valence-electron chi connectivity index (χ1n) is 20.2. The smallest absolute Gasteiger partial charge is 0.208 e. The summed E-state index contributed by atoms with van der Waals surface area (Å²) >= 11 is 0. The van der Waals surface area contributed by atoms with Crippen molar-refractivity contribution in [1.82, 2.24) is 19.5 Å². The molecule has 0 fully saturated rings. The lowest BCUT2D eigenvalue weighted by Crippen LogP contribution is -2.00. The molecule has 0 bridgehead atoms. The average Bonchev–Trinajstić information content (AvgIpc) is 3.89. The van der Waals surface area contributed by atoms with Crippen molar-refractivity contribution < 1.29 is 55.5 Å². The molecule has 0 saturated heterocycles. The molecule has 0 aliphatic heterocycles. The Hall–Kier alpha value is -9.63. The second kappa shape index (κ2) is 14.5. The van der Waals surface area contributed by atoms with Crippen molar-refractivity contribution in [3.63, 3.8) is 0 Å². The molecule has 0 spiro atoms. The molecule has 0 atom stereocenters. The Balaban J connectivity index is 1.14. The van der Waals surface area contributed by atoms with Crippen LogP contribution in [0.1, 0.15) is 0 Å². The number of benzene rings is 8. The summed E-state index contributed by atoms with van der Waals surface area (Å²) < 4.78 is 8.32. The van der Waals surface area contributed by atoms with E-state index in [4.69, 9.17) is 19.4 Å². The normalized spacial score (nSPS) is 11.6. The Morgan fingerprint density at radius 1 is 0.348 bits per heavy atom. The lowest BCUT2D eigenvalue weighted by Gasteiger charge is -2.18. The van der Waals surface area contributed by atoms with Crippen molar-refractivity contribution in [2.24, 2.45) is 0 Å². The topological polar surface area (TPSA) is 259 Å². The number of nitrogens with zero attached hydrogens (tertiary/aromatic N) is 4. The van der Waals surface area contributed by atoms with Gasteiger partial charge < -0.3 is 60.0 Å². The van der Waals surface area contributed by atoms with Crippen molar-refractivity contribution in [2.75, 3.05) is 0 Å². The second-order valence-corrected chi connectivity index (χ2v) is 15.5. The van der Waals surface area contributed by atoms with Gasteiger partial charge in [-0.25, -0.2) is 15.0 Å². The molecule has 11 rings (SSSR count). The van der Waals surface area contributed by atoms with E-state index in [1.54, 1.807) is 34.9 Å². The van der Waals surface area contributed by atoms with E-state index in [2.05, 4.69) is 0 Å². The predicted octanol–water partition coefficient (Wildman–Crippen LogP) is 10.3. The zero-order valence-electron chi connectivity index (χ0n) is 33.9. The van der Waals surface area contributed by atoms with Crippen molar-refractivity contribution in [1.29, 1.82) is 0 Å². The van der Waals surface area contributed by atoms with Crippen LogP contribution in [0.3, 0.4) is 0 Å². The van der Waals surface area contributed by atoms with Gasteiger partial charge in [-0.1, -0.05) is 84.9 Å². The summed E-state index contributed by atoms with van der Waals surface area (Å²) in [6, 6.07) is 40.1. The van der Waals surface area contributed by atoms with Crippen molar-refractivity contribution in [3.8, 4) is 120 Å². The van der Waals surface area contributed by atoms with E-state index < -0.39 is 68.6 Å². The standard InChI is InChI=1S/C51H32N4O11/c56-39-36(40(57)44(61)47(64)43(39)60)26-19-31-28-13-7-8-14-33(28)55(38(31)32(20-26)37-41(58)45(62)48(65)46(63)42(37)59)27-16-18-30-29-17-15-25(21-34(29)66-35(30)22-27)51-53-49(23-9-3-1-4-10-23)52-50(54-51)24-11-5-2-6-12-24/h1-22,56-65H. The summed E-state index contributed by atoms with van der Waals surface area (Å²) in [6.07, 6.45) is 0. The number of phenols is 10. The Morgan fingerprint density at radius 2 is 0.818 bits per heavy atom. The van der Waals surface area contributed by atoms with Gasteiger partial charge in [-0.2, -0.15) is 0 Å². The van der Waals surface area contributed by atoms with Gasteiger partial charge in [0, 0.05) is 55.6 Å². The van der Waals surface area contributed by atoms with Crippen LogP contribution >= 0.6 is 0 Å². The molecule has 15 heteroatoms. The lowest BCUT2D eigenvalue weighted by atomic mass is 9.92. The Labute approximate surface area is 370 Å². The monoisotopic (exact) mass is 876 g/mol. The van der Waals surface area contributed by atoms with E-state index in [-0.39, 0.29) is 16.6 Å². The highest BCUT2D eigenvalue weighted by Gasteiger charge is 2.31. The largest absolute Gasteiger partial charge is 0.504 e. The molecule has 0 aliphatic carbocycles. The third-order valence-electron chi connectivity index (χ3n) is 11.7. The zero-order chi connectivity index (χ0) is 45.7. The summed E-state index contributed by atoms with van der Waals surface area (Å²) in [6.45, 7) is 0. The molecule has 0 aliphatic rings. The fraction of sp³-hybridized carbons (Fsp3) is 0. The van der Waals surface area contributed by atoms with Gasteiger partial charge in [0.05, 0.1) is 22.2 Å². The first kappa shape index (κ1) is 39.2. The molecule has 8 aromatic carbocycles. The minimum Gasteiger partial charge on any atom is -0.504 e. The number of phenolic OH excluding ortho intramolecular Hbond substituents is 10. The highest BCUT2D eigenvalue weighted by Crippen LogP contribution is 2.59. The summed E-state index contributed by atoms with van der Waals surface area (Å²) in [7, 11) is 0. The van der Waals surface area contributed by atoms with Gasteiger partial charge in [-0.15, -0.1) is 0 Å². The Bertz CT molecular complexity index is 3710. The van der Waals surface area contributed by atoms with Crippen LogP contribution in [0.25, 0.3) is 106 Å². The molecular formula is C51H32N4O11. The fourth-order valence-electron chi connectivity index (χ4n) is 8.58. The van der Waals surface area contributed by atoms with E-state index in [1.807, 2.05) is 91.0 Å². The maximum atomic E-state index is 11.4. The summed E-state index contributed by atoms with van der Waals surface area (Å²) in [4.78, 5) is 14.5. The van der Waals surface area contributed by atoms with Gasteiger partial charge in [0.1, 0.15) is 11.2 Å². The molecule has 3 aromatic heterocycles. The second-order valence-electron chi connectivity index (χ2n) is 15.5. The maximum Gasteiger partial charge on any atom is 0.208 e. The molecule has 10 N–H and O–H groups in total. The first-order valence-corrected chi connectivity index (χ1v) is 20.2. The number of para-hydroxylation sites is 1. The highest BCUT2D eigenvalue weighted by molar-refractivity contribution is 6.17. The fourth-order valence-corrected chi connectivity index (χ4v) is 8.58. The van der Waals surface area contributed by atoms with Crippen LogP contribution in [-0.4, -0.2) is 70.6 Å². The number of furan rings is 1. The van der Waals surface area contributed by atoms with Crippen LogP contribution < -0.4 is 0 Å². The van der Waals surface area contributed by atoms with Crippen LogP contribution in [0.4, 0.5) is 0 Å². The third kappa shape index (κ3) is 5.80. The van der Waals surface area contributed by atoms with Gasteiger partial charge in [-0.3, -0.25) is 0 Å². The average molecular weight is 877 g/mol. The molecule has 3 heterocycles. The third-order valence-corrected chi connectivity index (χ3v) is 11.7. The lowest BCUT2D eigenvalue weighted by molar-refractivity contribution is 0.330. The molecule has 0 radical (unpaired) electrons. The van der Waals surface area contributed by atoms with Crippen LogP contribution in [-0.2, 0) is 0 Å². The summed E-state index contributed by atoms with van der Waals surface area (Å²) in [5.74, 6) is -9.73. The van der Waals surface area contributed by atoms with Crippen LogP contribution in [0, 0.1) is 0 Å². The Kier molecular flexibility index (Phi) is 8.60. The predicted molar refractivity (Wildman–Crippen MR) is 245 cm³/mol. The molecule has 0 amide bonds. The van der Waals surface area contributed by atoms with Gasteiger partial charge >= 0.3 is 0 Å². The van der Waals surface area contributed by atoms with E-state index in [0.717, 1.165) is 21.9 Å². The number of fused-ring (bicyclic) bond motifs is 6. The van der Waals surface area contributed by atoms with Crippen LogP contribution in [0.15, 0.2) is 138 Å². The molecule has 322 valence electrons. The molecule has 11 aromatic rings.